The smallest absolute Gasteiger partial charge is 0.320 e. The van der Waals surface area contributed by atoms with E-state index in [1.165, 1.54) is 35.9 Å². The number of aromatic hydroxyl groups is 1. The van der Waals surface area contributed by atoms with Crippen LogP contribution in [0.2, 0.25) is 0 Å². The third-order valence-electron chi connectivity index (χ3n) is 10.6. The van der Waals surface area contributed by atoms with Gasteiger partial charge in [0.05, 0.1) is 62.7 Å². The summed E-state index contributed by atoms with van der Waals surface area (Å²) in [7, 11) is -3.61. The molecule has 0 unspecified atom stereocenters. The van der Waals surface area contributed by atoms with Crippen molar-refractivity contribution in [2.75, 3.05) is 16.0 Å². The van der Waals surface area contributed by atoms with Crippen LogP contribution in [0, 0.1) is 0 Å². The number of carbonyl (C=O) groups excluding carboxylic acids is 2. The third kappa shape index (κ3) is 8.82. The minimum atomic E-state index is -5.07. The predicted molar refractivity (Wildman–Crippen MR) is 242 cm³/mol. The van der Waals surface area contributed by atoms with E-state index >= 15 is 0 Å². The van der Waals surface area contributed by atoms with Gasteiger partial charge < -0.3 is 25.6 Å². The highest BCUT2D eigenvalue weighted by Crippen LogP contribution is 2.46. The molecule has 5 aromatic carbocycles. The third-order valence-corrected chi connectivity index (χ3v) is 12.7. The molecule has 1 aliphatic carbocycles. The summed E-state index contributed by atoms with van der Waals surface area (Å²) in [4.78, 5) is 55.3. The molecule has 0 fully saturated rings. The molecule has 23 heteroatoms. The SMILES string of the molecule is CCc1cccc(CC)c1Nc1nc(O)nc(Nc2cc(Nc3ccc4c5c3C(=O)c3ccccc3-c5c(C(=O)c3cccc(SOOO)c3)c(=O)n4C)c(SOOO)cc2S(=O)(=O)O)n1. The van der Waals surface area contributed by atoms with Gasteiger partial charge in [-0.2, -0.15) is 23.4 Å². The quantitative estimate of drug-likeness (QED) is 0.0148. The lowest BCUT2D eigenvalue weighted by Crippen LogP contribution is -2.29. The standard InChI is InChI=1S/C43H35N7O13S3/c1-4-21-10-8-11-22(5-2)37(21)46-42-47-41(48-43(54)49-42)45-29-19-28(31(65-63-61-56)20-32(29)66(57,58)59)44-27-16-17-30-35-33(25-14-6-7-15-26(25)39(52)34(27)35)36(40(53)50(30)3)38(51)23-12-9-13-24(18-23)64-62-60-55/h6-20,44,55-56H,4-5H2,1-3H3,(H,57,58,59)(H3,45,46,47,48,49,54). The first-order chi connectivity index (χ1) is 31.8. The number of benzene rings is 5. The summed E-state index contributed by atoms with van der Waals surface area (Å²) in [5.41, 5.74) is 2.44. The maximum atomic E-state index is 14.7. The molecule has 0 spiro atoms. The maximum Gasteiger partial charge on any atom is 0.320 e. The van der Waals surface area contributed by atoms with Gasteiger partial charge in [-0.1, -0.05) is 78.5 Å². The summed E-state index contributed by atoms with van der Waals surface area (Å²) in [6.07, 6.45) is 1.31. The van der Waals surface area contributed by atoms with E-state index in [1.54, 1.807) is 42.5 Å². The topological polar surface area (TPSA) is 283 Å². The Labute approximate surface area is 382 Å². The largest absolute Gasteiger partial charge is 0.479 e. The fourth-order valence-corrected chi connectivity index (χ4v) is 9.34. The second kappa shape index (κ2) is 19.0. The first-order valence-corrected chi connectivity index (χ1v) is 22.5. The number of carbonyl (C=O) groups is 2. The van der Waals surface area contributed by atoms with Crippen LogP contribution in [0.1, 0.15) is 56.8 Å². The number of nitrogens with zero attached hydrogens (tertiary/aromatic N) is 4. The summed E-state index contributed by atoms with van der Waals surface area (Å²) in [6.45, 7) is 3.94. The molecule has 0 saturated carbocycles. The summed E-state index contributed by atoms with van der Waals surface area (Å²) < 4.78 is 46.8. The van der Waals surface area contributed by atoms with Gasteiger partial charge in [-0.25, -0.2) is 10.5 Å². The van der Waals surface area contributed by atoms with Crippen LogP contribution in [0.5, 0.6) is 6.01 Å². The lowest BCUT2D eigenvalue weighted by atomic mass is 9.80. The number of rotatable bonds is 17. The molecule has 0 aliphatic heterocycles. The number of nitrogens with one attached hydrogen (secondary N) is 3. The zero-order valence-electron chi connectivity index (χ0n) is 34.6. The first-order valence-electron chi connectivity index (χ1n) is 19.6. The van der Waals surface area contributed by atoms with E-state index < -0.39 is 38.1 Å². The second-order valence-electron chi connectivity index (χ2n) is 14.3. The number of anilines is 6. The lowest BCUT2D eigenvalue weighted by molar-refractivity contribution is -0.432. The number of ketones is 2. The molecule has 0 bridgehead atoms. The second-order valence-corrected chi connectivity index (χ2v) is 17.2. The van der Waals surface area contributed by atoms with Gasteiger partial charge in [0.2, 0.25) is 11.9 Å². The van der Waals surface area contributed by atoms with Gasteiger partial charge >= 0.3 is 6.01 Å². The first kappa shape index (κ1) is 45.8. The van der Waals surface area contributed by atoms with Crippen molar-refractivity contribution in [3.05, 3.63) is 135 Å². The average Bonchev–Trinajstić information content (AvgIpc) is 3.30. The summed E-state index contributed by atoms with van der Waals surface area (Å²) in [5.74, 6) is -1.64. The van der Waals surface area contributed by atoms with Gasteiger partial charge in [-0.15, -0.1) is 8.67 Å². The molecule has 7 aromatic rings. The highest BCUT2D eigenvalue weighted by molar-refractivity contribution is 7.95. The van der Waals surface area contributed by atoms with E-state index in [9.17, 15) is 32.5 Å². The van der Waals surface area contributed by atoms with E-state index in [0.29, 0.717) is 53.1 Å². The van der Waals surface area contributed by atoms with E-state index in [1.807, 2.05) is 32.0 Å². The Morgan fingerprint density at radius 3 is 2.09 bits per heavy atom. The molecule has 20 nitrogen and oxygen atoms in total. The van der Waals surface area contributed by atoms with Gasteiger partial charge in [-0.05, 0) is 65.9 Å². The van der Waals surface area contributed by atoms with Crippen LogP contribution in [0.3, 0.4) is 0 Å². The Balaban J connectivity index is 1.29. The van der Waals surface area contributed by atoms with E-state index in [2.05, 4.69) is 45.3 Å². The summed E-state index contributed by atoms with van der Waals surface area (Å²) in [6, 6.07) is 22.8. The Morgan fingerprint density at radius 2 is 1.41 bits per heavy atom. The van der Waals surface area contributed by atoms with Crippen LogP contribution < -0.4 is 21.5 Å². The molecule has 2 aromatic heterocycles. The predicted octanol–water partition coefficient (Wildman–Crippen LogP) is 8.33. The van der Waals surface area contributed by atoms with Gasteiger partial charge in [0.25, 0.3) is 15.7 Å². The van der Waals surface area contributed by atoms with Crippen LogP contribution in [-0.2, 0) is 48.8 Å². The van der Waals surface area contributed by atoms with Crippen molar-refractivity contribution < 1.29 is 56.9 Å². The Kier molecular flexibility index (Phi) is 13.2. The zero-order valence-corrected chi connectivity index (χ0v) is 37.0. The van der Waals surface area contributed by atoms with Crippen LogP contribution >= 0.6 is 24.1 Å². The number of para-hydroxylation sites is 1. The van der Waals surface area contributed by atoms with Crippen molar-refractivity contribution in [3.63, 3.8) is 0 Å². The number of pyridine rings is 1. The van der Waals surface area contributed by atoms with Crippen LogP contribution in [0.15, 0.2) is 110 Å². The van der Waals surface area contributed by atoms with Crippen molar-refractivity contribution in [1.29, 1.82) is 0 Å². The number of hydrogen-bond acceptors (Lipinski definition) is 20. The highest BCUT2D eigenvalue weighted by atomic mass is 32.2. The van der Waals surface area contributed by atoms with Gasteiger partial charge in [-0.3, -0.25) is 18.9 Å². The van der Waals surface area contributed by atoms with Crippen LogP contribution in [0.25, 0.3) is 22.0 Å². The molecule has 338 valence electrons. The number of aryl methyl sites for hydroxylation is 3. The van der Waals surface area contributed by atoms with E-state index in [-0.39, 0.29) is 72.6 Å². The summed E-state index contributed by atoms with van der Waals surface area (Å²) >= 11 is 0.943. The Hall–Kier alpha value is -6.77. The van der Waals surface area contributed by atoms with E-state index in [4.69, 9.17) is 14.8 Å². The van der Waals surface area contributed by atoms with Crippen LogP contribution in [-0.4, -0.2) is 59.7 Å². The molecule has 8 rings (SSSR count). The molecule has 0 saturated heterocycles. The molecular weight excluding hydrogens is 919 g/mol. The molecule has 0 radical (unpaired) electrons. The highest BCUT2D eigenvalue weighted by Gasteiger charge is 2.34. The minimum absolute atomic E-state index is 0.0126. The number of hydrogen-bond donors (Lipinski definition) is 7. The van der Waals surface area contributed by atoms with Gasteiger partial charge in [0.15, 0.2) is 11.6 Å². The molecule has 1 aliphatic rings. The summed E-state index contributed by atoms with van der Waals surface area (Å²) in [5, 5.41) is 45.1. The fourth-order valence-electron chi connectivity index (χ4n) is 7.72. The van der Waals surface area contributed by atoms with Gasteiger partial charge in [0.1, 0.15) is 4.90 Å². The molecule has 0 amide bonds. The number of aromatic nitrogens is 4. The molecule has 2 heterocycles. The zero-order chi connectivity index (χ0) is 46.9. The lowest BCUT2D eigenvalue weighted by Gasteiger charge is -2.26. The molecule has 7 N–H and O–H groups in total. The Bertz CT molecular complexity index is 3260. The number of fused-ring (bicyclic) bond motifs is 2. The fraction of sp³-hybridized carbons (Fsp3) is 0.116. The van der Waals surface area contributed by atoms with Crippen molar-refractivity contribution in [3.8, 4) is 17.1 Å². The van der Waals surface area contributed by atoms with Crippen molar-refractivity contribution >= 4 is 91.3 Å². The molecule has 0 atom stereocenters. The van der Waals surface area contributed by atoms with Crippen molar-refractivity contribution in [1.82, 2.24) is 19.5 Å². The molecular formula is C43H35N7O13S3. The average molecular weight is 954 g/mol. The van der Waals surface area contributed by atoms with Crippen molar-refractivity contribution in [2.45, 2.75) is 41.4 Å². The maximum absolute atomic E-state index is 14.7. The van der Waals surface area contributed by atoms with Gasteiger partial charge in [0, 0.05) is 39.7 Å². The van der Waals surface area contributed by atoms with Crippen molar-refractivity contribution in [2.24, 2.45) is 7.05 Å². The minimum Gasteiger partial charge on any atom is -0.479 e. The molecule has 66 heavy (non-hydrogen) atoms. The van der Waals surface area contributed by atoms with E-state index in [0.717, 1.165) is 17.2 Å². The van der Waals surface area contributed by atoms with Crippen LogP contribution in [0.4, 0.5) is 34.6 Å². The Morgan fingerprint density at radius 1 is 0.742 bits per heavy atom. The normalized spacial score (nSPS) is 12.0. The monoisotopic (exact) mass is 953 g/mol.